The van der Waals surface area contributed by atoms with Gasteiger partial charge in [-0.25, -0.2) is 0 Å². The normalized spacial score (nSPS) is 21.8. The maximum atomic E-state index is 13.4. The number of benzene rings is 1. The molecule has 2 amide bonds. The summed E-state index contributed by atoms with van der Waals surface area (Å²) in [5, 5.41) is 24.9. The average Bonchev–Trinajstić information content (AvgIpc) is 3.20. The summed E-state index contributed by atoms with van der Waals surface area (Å²) in [6, 6.07) is 4.94. The summed E-state index contributed by atoms with van der Waals surface area (Å²) < 4.78 is 23.4. The van der Waals surface area contributed by atoms with Gasteiger partial charge in [-0.1, -0.05) is 12.1 Å². The molecule has 1 atom stereocenters. The van der Waals surface area contributed by atoms with E-state index in [1.807, 2.05) is 0 Å². The Balaban J connectivity index is 1.90. The molecule has 3 aliphatic rings. The third-order valence-electron chi connectivity index (χ3n) is 5.88. The lowest BCUT2D eigenvalue weighted by atomic mass is 9.83. The highest BCUT2D eigenvalue weighted by Gasteiger charge is 2.51. The number of carbonyl (C=O) groups excluding carboxylic acids is 2. The molecule has 2 bridgehead atoms. The molecule has 0 radical (unpaired) electrons. The molecule has 184 valence electrons. The van der Waals surface area contributed by atoms with Crippen molar-refractivity contribution in [2.75, 3.05) is 26.8 Å². The number of carbonyl (C=O) groups is 2. The number of aliphatic hydroxyl groups excluding tert-OH is 2. The molecule has 1 aromatic carbocycles. The number of hydrogen-bond acceptors (Lipinski definition) is 8. The van der Waals surface area contributed by atoms with Crippen molar-refractivity contribution in [2.24, 2.45) is 0 Å². The summed E-state index contributed by atoms with van der Waals surface area (Å²) in [5.74, 6) is -1.59. The zero-order valence-electron chi connectivity index (χ0n) is 19.7. The highest BCUT2D eigenvalue weighted by Crippen LogP contribution is 2.49. The largest absolute Gasteiger partial charge is 0.467 e. The molecular formula is C24H30N2O8. The Bertz CT molecular complexity index is 1070. The van der Waals surface area contributed by atoms with E-state index in [1.165, 1.54) is 0 Å². The minimum Gasteiger partial charge on any atom is -0.467 e. The minimum atomic E-state index is -1.28. The lowest BCUT2D eigenvalue weighted by Gasteiger charge is -2.35. The fourth-order valence-corrected chi connectivity index (χ4v) is 3.97. The molecule has 0 aromatic heterocycles. The van der Waals surface area contributed by atoms with Crippen LogP contribution in [-0.4, -0.2) is 65.7 Å². The Morgan fingerprint density at radius 2 is 1.59 bits per heavy atom. The molecule has 4 rings (SSSR count). The topological polar surface area (TPSA) is 136 Å². The second-order valence-electron chi connectivity index (χ2n) is 9.76. The van der Waals surface area contributed by atoms with Crippen LogP contribution in [0.1, 0.15) is 50.0 Å². The Hall–Kier alpha value is -2.92. The predicted molar refractivity (Wildman–Crippen MR) is 120 cm³/mol. The quantitative estimate of drug-likeness (QED) is 0.483. The van der Waals surface area contributed by atoms with Gasteiger partial charge in [-0.3, -0.25) is 9.59 Å². The van der Waals surface area contributed by atoms with Gasteiger partial charge < -0.3 is 39.8 Å². The Kier molecular flexibility index (Phi) is 6.19. The molecule has 2 aliphatic heterocycles. The SMILES string of the molecule is CC(C)(CO)NC(=O)C1=CCC23OCOC2=C1c1c(cccc1C(=O)NC(C)(C)CO)OCO3. The van der Waals surface area contributed by atoms with Crippen LogP contribution in [-0.2, 0) is 19.0 Å². The van der Waals surface area contributed by atoms with Gasteiger partial charge in [0.2, 0.25) is 5.79 Å². The van der Waals surface area contributed by atoms with Gasteiger partial charge in [-0.15, -0.1) is 0 Å². The van der Waals surface area contributed by atoms with Crippen molar-refractivity contribution in [1.29, 1.82) is 0 Å². The van der Waals surface area contributed by atoms with Crippen molar-refractivity contribution in [3.63, 3.8) is 0 Å². The maximum absolute atomic E-state index is 13.4. The first-order valence-electron chi connectivity index (χ1n) is 11.0. The summed E-state index contributed by atoms with van der Waals surface area (Å²) >= 11 is 0. The summed E-state index contributed by atoms with van der Waals surface area (Å²) in [4.78, 5) is 26.7. The first-order chi connectivity index (χ1) is 16.0. The van der Waals surface area contributed by atoms with Crippen LogP contribution in [0.3, 0.4) is 0 Å². The van der Waals surface area contributed by atoms with E-state index in [4.69, 9.17) is 18.9 Å². The van der Waals surface area contributed by atoms with Gasteiger partial charge >= 0.3 is 0 Å². The molecule has 2 heterocycles. The van der Waals surface area contributed by atoms with Gasteiger partial charge in [-0.2, -0.15) is 0 Å². The molecule has 0 spiro atoms. The van der Waals surface area contributed by atoms with E-state index < -0.39 is 28.7 Å². The Morgan fingerprint density at radius 1 is 0.971 bits per heavy atom. The van der Waals surface area contributed by atoms with E-state index in [0.29, 0.717) is 16.9 Å². The van der Waals surface area contributed by atoms with Crippen molar-refractivity contribution in [3.05, 3.63) is 46.7 Å². The smallest absolute Gasteiger partial charge is 0.252 e. The number of amides is 2. The molecular weight excluding hydrogens is 444 g/mol. The number of ether oxygens (including phenoxy) is 4. The monoisotopic (exact) mass is 474 g/mol. The minimum absolute atomic E-state index is 0.0923. The summed E-state index contributed by atoms with van der Waals surface area (Å²) in [7, 11) is 0. The molecule has 1 aromatic rings. The molecule has 34 heavy (non-hydrogen) atoms. The number of hydrogen-bond donors (Lipinski definition) is 4. The fraction of sp³-hybridized carbons (Fsp3) is 0.500. The average molecular weight is 475 g/mol. The van der Waals surface area contributed by atoms with E-state index in [1.54, 1.807) is 52.0 Å². The van der Waals surface area contributed by atoms with Crippen molar-refractivity contribution in [3.8, 4) is 5.75 Å². The maximum Gasteiger partial charge on any atom is 0.252 e. The molecule has 0 saturated carbocycles. The lowest BCUT2D eigenvalue weighted by molar-refractivity contribution is -0.217. The van der Waals surface area contributed by atoms with Crippen LogP contribution in [0.15, 0.2) is 35.6 Å². The molecule has 1 saturated heterocycles. The fourth-order valence-electron chi connectivity index (χ4n) is 3.97. The third-order valence-corrected chi connectivity index (χ3v) is 5.88. The summed E-state index contributed by atoms with van der Waals surface area (Å²) in [6.45, 7) is 5.99. The lowest BCUT2D eigenvalue weighted by Crippen LogP contribution is -2.48. The first-order valence-corrected chi connectivity index (χ1v) is 11.0. The molecule has 10 heteroatoms. The van der Waals surface area contributed by atoms with E-state index in [-0.39, 0.29) is 50.1 Å². The number of fused-ring (bicyclic) bond motifs is 2. The van der Waals surface area contributed by atoms with Crippen LogP contribution in [0.25, 0.3) is 5.57 Å². The number of aliphatic hydroxyl groups is 2. The molecule has 1 unspecified atom stereocenters. The van der Waals surface area contributed by atoms with Crippen LogP contribution < -0.4 is 15.4 Å². The van der Waals surface area contributed by atoms with Crippen molar-refractivity contribution in [1.82, 2.24) is 10.6 Å². The van der Waals surface area contributed by atoms with Crippen LogP contribution in [0, 0.1) is 0 Å². The molecule has 10 nitrogen and oxygen atoms in total. The van der Waals surface area contributed by atoms with E-state index in [9.17, 15) is 19.8 Å². The van der Waals surface area contributed by atoms with Gasteiger partial charge in [0.05, 0.1) is 29.9 Å². The van der Waals surface area contributed by atoms with Crippen LogP contribution in [0.4, 0.5) is 0 Å². The standard InChI is InChI=1S/C24H30N2O8/c1-22(2,10-27)25-20(29)14-6-5-7-16-17(14)18-15(21(30)26-23(3,4)11-28)8-9-24(33-12-31-16)19(18)32-13-34-24/h5-8,27-28H,9-13H2,1-4H3,(H,25,29)(H,26,30). The third kappa shape index (κ3) is 4.29. The number of nitrogens with one attached hydrogen (secondary N) is 2. The summed E-state index contributed by atoms with van der Waals surface area (Å²) in [5.41, 5.74) is -0.621. The van der Waals surface area contributed by atoms with Crippen molar-refractivity contribution < 1.29 is 38.7 Å². The van der Waals surface area contributed by atoms with E-state index >= 15 is 0 Å². The first kappa shape index (κ1) is 24.2. The van der Waals surface area contributed by atoms with E-state index in [2.05, 4.69) is 10.6 Å². The van der Waals surface area contributed by atoms with Gasteiger partial charge in [0, 0.05) is 23.1 Å². The Morgan fingerprint density at radius 3 is 2.24 bits per heavy atom. The van der Waals surface area contributed by atoms with Gasteiger partial charge in [0.1, 0.15) is 5.75 Å². The number of rotatable bonds is 6. The second-order valence-corrected chi connectivity index (χ2v) is 9.76. The zero-order valence-corrected chi connectivity index (χ0v) is 19.7. The molecule has 1 aliphatic carbocycles. The van der Waals surface area contributed by atoms with Crippen LogP contribution >= 0.6 is 0 Å². The summed E-state index contributed by atoms with van der Waals surface area (Å²) in [6.07, 6.45) is 1.87. The van der Waals surface area contributed by atoms with Crippen molar-refractivity contribution in [2.45, 2.75) is 51.0 Å². The highest BCUT2D eigenvalue weighted by molar-refractivity contribution is 6.14. The van der Waals surface area contributed by atoms with Gasteiger partial charge in [-0.05, 0) is 39.8 Å². The zero-order chi connectivity index (χ0) is 24.7. The highest BCUT2D eigenvalue weighted by atomic mass is 16.8. The molecule has 4 N–H and O–H groups in total. The van der Waals surface area contributed by atoms with E-state index in [0.717, 1.165) is 0 Å². The van der Waals surface area contributed by atoms with Crippen LogP contribution in [0.5, 0.6) is 5.75 Å². The van der Waals surface area contributed by atoms with Crippen molar-refractivity contribution >= 4 is 17.4 Å². The second kappa shape index (κ2) is 8.70. The van der Waals surface area contributed by atoms with Gasteiger partial charge in [0.25, 0.3) is 11.8 Å². The van der Waals surface area contributed by atoms with Crippen LogP contribution in [0.2, 0.25) is 0 Å². The predicted octanol–water partition coefficient (Wildman–Crippen LogP) is 1.18. The van der Waals surface area contributed by atoms with Gasteiger partial charge in [0.15, 0.2) is 19.3 Å². The molecule has 1 fully saturated rings. The Labute approximate surface area is 197 Å².